The van der Waals surface area contributed by atoms with E-state index >= 15 is 0 Å². The lowest BCUT2D eigenvalue weighted by molar-refractivity contribution is -0.164. The third-order valence-electron chi connectivity index (χ3n) is 9.12. The molecule has 7 heteroatoms. The molecule has 1 unspecified atom stereocenters. The lowest BCUT2D eigenvalue weighted by Gasteiger charge is -2.52. The predicted molar refractivity (Wildman–Crippen MR) is 173 cm³/mol. The van der Waals surface area contributed by atoms with Gasteiger partial charge in [-0.25, -0.2) is 0 Å². The second kappa shape index (κ2) is 13.9. The first-order valence-electron chi connectivity index (χ1n) is 15.7. The average molecular weight is 602 g/mol. The molecule has 7 nitrogen and oxygen atoms in total. The van der Waals surface area contributed by atoms with Crippen molar-refractivity contribution in [1.29, 1.82) is 0 Å². The molecule has 45 heavy (non-hydrogen) atoms. The van der Waals surface area contributed by atoms with Gasteiger partial charge in [0.05, 0.1) is 6.42 Å². The van der Waals surface area contributed by atoms with Crippen molar-refractivity contribution < 1.29 is 19.1 Å². The highest BCUT2D eigenvalue weighted by molar-refractivity contribution is 6.01. The van der Waals surface area contributed by atoms with Crippen molar-refractivity contribution in [1.82, 2.24) is 15.1 Å². The summed E-state index contributed by atoms with van der Waals surface area (Å²) >= 11 is 0. The smallest absolute Gasteiger partial charge is 0.308 e. The molecular formula is C38H39N3O4. The van der Waals surface area contributed by atoms with Gasteiger partial charge in [-0.05, 0) is 35.1 Å². The summed E-state index contributed by atoms with van der Waals surface area (Å²) in [5.74, 6) is -1.09. The summed E-state index contributed by atoms with van der Waals surface area (Å²) in [6.45, 7) is 2.59. The van der Waals surface area contributed by atoms with Gasteiger partial charge >= 0.3 is 5.97 Å². The van der Waals surface area contributed by atoms with Crippen molar-refractivity contribution in [3.63, 3.8) is 0 Å². The number of amides is 2. The summed E-state index contributed by atoms with van der Waals surface area (Å²) in [6, 6.07) is 39.0. The zero-order chi connectivity index (χ0) is 31.1. The SMILES string of the molecule is O=C(CC1NC(=O)C2(CCN(Cc3ccccc3)CC2)N(CC(c2ccccc2)c2ccccc2)C1=O)OCc1ccccc1. The quantitative estimate of drug-likeness (QED) is 0.249. The van der Waals surface area contributed by atoms with E-state index in [0.717, 1.165) is 23.2 Å². The highest BCUT2D eigenvalue weighted by Crippen LogP contribution is 2.37. The Morgan fingerprint density at radius 3 is 1.82 bits per heavy atom. The zero-order valence-corrected chi connectivity index (χ0v) is 25.4. The summed E-state index contributed by atoms with van der Waals surface area (Å²) in [4.78, 5) is 45.6. The first-order valence-corrected chi connectivity index (χ1v) is 15.7. The molecule has 1 atom stereocenters. The molecule has 4 aromatic carbocycles. The number of carbonyl (C=O) groups is 3. The fourth-order valence-electron chi connectivity index (χ4n) is 6.62. The first-order chi connectivity index (χ1) is 22.0. The number of esters is 1. The Morgan fingerprint density at radius 2 is 1.27 bits per heavy atom. The van der Waals surface area contributed by atoms with Crippen LogP contribution in [-0.2, 0) is 32.3 Å². The number of piperazine rings is 1. The van der Waals surface area contributed by atoms with Crippen LogP contribution in [0.15, 0.2) is 121 Å². The van der Waals surface area contributed by atoms with Crippen LogP contribution in [0.1, 0.15) is 47.4 Å². The third-order valence-corrected chi connectivity index (χ3v) is 9.12. The molecule has 0 aliphatic carbocycles. The summed E-state index contributed by atoms with van der Waals surface area (Å²) < 4.78 is 5.51. The van der Waals surface area contributed by atoms with Gasteiger partial charge in [-0.15, -0.1) is 0 Å². The summed E-state index contributed by atoms with van der Waals surface area (Å²) in [5, 5.41) is 2.95. The Hall–Kier alpha value is -4.75. The van der Waals surface area contributed by atoms with E-state index in [1.165, 1.54) is 5.56 Å². The maximum atomic E-state index is 14.4. The molecule has 2 saturated heterocycles. The van der Waals surface area contributed by atoms with Gasteiger partial charge in [0.25, 0.3) is 0 Å². The number of likely N-dealkylation sites (tertiary alicyclic amines) is 1. The summed E-state index contributed by atoms with van der Waals surface area (Å²) in [7, 11) is 0. The van der Waals surface area contributed by atoms with Crippen LogP contribution < -0.4 is 5.32 Å². The van der Waals surface area contributed by atoms with E-state index in [-0.39, 0.29) is 30.8 Å². The van der Waals surface area contributed by atoms with Gasteiger partial charge < -0.3 is 15.0 Å². The number of benzene rings is 4. The molecule has 0 radical (unpaired) electrons. The Balaban J connectivity index is 1.26. The number of ether oxygens (including phenoxy) is 1. The molecule has 2 amide bonds. The molecule has 0 aromatic heterocycles. The second-order valence-electron chi connectivity index (χ2n) is 12.0. The fourth-order valence-corrected chi connectivity index (χ4v) is 6.62. The molecule has 6 rings (SSSR count). The maximum absolute atomic E-state index is 14.4. The van der Waals surface area contributed by atoms with Gasteiger partial charge in [-0.3, -0.25) is 19.3 Å². The molecule has 1 spiro atoms. The second-order valence-corrected chi connectivity index (χ2v) is 12.0. The number of nitrogens with zero attached hydrogens (tertiary/aromatic N) is 2. The third kappa shape index (κ3) is 6.99. The van der Waals surface area contributed by atoms with Crippen molar-refractivity contribution >= 4 is 17.8 Å². The van der Waals surface area contributed by atoms with Gasteiger partial charge in [0.1, 0.15) is 18.2 Å². The topological polar surface area (TPSA) is 79.0 Å². The van der Waals surface area contributed by atoms with E-state index in [1.54, 1.807) is 4.90 Å². The summed E-state index contributed by atoms with van der Waals surface area (Å²) in [5.41, 5.74) is 3.21. The van der Waals surface area contributed by atoms with Gasteiger partial charge in [0.15, 0.2) is 0 Å². The monoisotopic (exact) mass is 601 g/mol. The van der Waals surface area contributed by atoms with Crippen LogP contribution in [0.5, 0.6) is 0 Å². The molecule has 2 aliphatic rings. The lowest BCUT2D eigenvalue weighted by atomic mass is 9.79. The van der Waals surface area contributed by atoms with E-state index in [4.69, 9.17) is 4.74 Å². The number of hydrogen-bond acceptors (Lipinski definition) is 5. The van der Waals surface area contributed by atoms with Crippen LogP contribution in [0.25, 0.3) is 0 Å². The van der Waals surface area contributed by atoms with Gasteiger partial charge in [0, 0.05) is 32.1 Å². The van der Waals surface area contributed by atoms with Crippen molar-refractivity contribution in [3.8, 4) is 0 Å². The van der Waals surface area contributed by atoms with E-state index < -0.39 is 17.6 Å². The van der Waals surface area contributed by atoms with Gasteiger partial charge in [-0.1, -0.05) is 121 Å². The van der Waals surface area contributed by atoms with Crippen LogP contribution in [0.3, 0.4) is 0 Å². The molecule has 0 bridgehead atoms. The van der Waals surface area contributed by atoms with E-state index in [9.17, 15) is 14.4 Å². The molecule has 0 saturated carbocycles. The Labute approximate surface area is 264 Å². The number of nitrogens with one attached hydrogen (secondary N) is 1. The standard InChI is InChI=1S/C38H39N3O4/c42-35(45-28-30-15-7-2-8-16-30)25-34-36(43)41(27-33(31-17-9-3-10-18-31)32-19-11-4-12-20-32)38(37(44)39-34)21-23-40(24-22-38)26-29-13-5-1-6-14-29/h1-20,33-34H,21-28H2,(H,39,44). The molecular weight excluding hydrogens is 562 g/mol. The summed E-state index contributed by atoms with van der Waals surface area (Å²) in [6.07, 6.45) is 0.809. The van der Waals surface area contributed by atoms with Crippen LogP contribution in [0, 0.1) is 0 Å². The normalized spacial score (nSPS) is 18.2. The largest absolute Gasteiger partial charge is 0.461 e. The predicted octanol–water partition coefficient (Wildman–Crippen LogP) is 5.31. The van der Waals surface area contributed by atoms with Crippen LogP contribution >= 0.6 is 0 Å². The van der Waals surface area contributed by atoms with Crippen LogP contribution in [-0.4, -0.2) is 58.8 Å². The first kappa shape index (κ1) is 30.3. The van der Waals surface area contributed by atoms with Crippen LogP contribution in [0.2, 0.25) is 0 Å². The Bertz CT molecular complexity index is 1530. The minimum absolute atomic E-state index is 0.115. The van der Waals surface area contributed by atoms with Gasteiger partial charge in [-0.2, -0.15) is 0 Å². The maximum Gasteiger partial charge on any atom is 0.308 e. The molecule has 230 valence electrons. The van der Waals surface area contributed by atoms with Crippen molar-refractivity contribution in [2.45, 2.75) is 49.9 Å². The van der Waals surface area contributed by atoms with Crippen molar-refractivity contribution in [2.24, 2.45) is 0 Å². The number of hydrogen-bond donors (Lipinski definition) is 1. The fraction of sp³-hybridized carbons (Fsp3) is 0.289. The molecule has 2 heterocycles. The highest BCUT2D eigenvalue weighted by Gasteiger charge is 2.54. The number of carbonyl (C=O) groups excluding carboxylic acids is 3. The average Bonchev–Trinajstić information content (AvgIpc) is 3.09. The lowest BCUT2D eigenvalue weighted by Crippen LogP contribution is -2.73. The van der Waals surface area contributed by atoms with E-state index in [1.807, 2.05) is 84.9 Å². The van der Waals surface area contributed by atoms with Crippen molar-refractivity contribution in [3.05, 3.63) is 144 Å². The van der Waals surface area contributed by atoms with E-state index in [0.29, 0.717) is 32.5 Å². The zero-order valence-electron chi connectivity index (χ0n) is 25.4. The van der Waals surface area contributed by atoms with E-state index in [2.05, 4.69) is 46.6 Å². The minimum atomic E-state index is -1.00. The number of piperidine rings is 1. The Kier molecular flexibility index (Phi) is 9.36. The van der Waals surface area contributed by atoms with Crippen LogP contribution in [0.4, 0.5) is 0 Å². The minimum Gasteiger partial charge on any atom is -0.461 e. The number of rotatable bonds is 10. The van der Waals surface area contributed by atoms with Crippen molar-refractivity contribution in [2.75, 3.05) is 19.6 Å². The molecule has 4 aromatic rings. The van der Waals surface area contributed by atoms with Gasteiger partial charge in [0.2, 0.25) is 11.8 Å². The highest BCUT2D eigenvalue weighted by atomic mass is 16.5. The molecule has 1 N–H and O–H groups in total. The molecule has 2 aliphatic heterocycles. The Morgan fingerprint density at radius 1 is 0.756 bits per heavy atom. The molecule has 2 fully saturated rings.